The largest absolute Gasteiger partial charge is 0.427 e. The lowest BCUT2D eigenvalue weighted by atomic mass is 9.98. The van der Waals surface area contributed by atoms with Crippen LogP contribution in [-0.4, -0.2) is 10.9 Å². The molecule has 2 aromatic carbocycles. The summed E-state index contributed by atoms with van der Waals surface area (Å²) in [6.45, 7) is 0. The maximum atomic E-state index is 12.0. The van der Waals surface area contributed by atoms with Crippen molar-refractivity contribution >= 4 is 11.7 Å². The summed E-state index contributed by atoms with van der Waals surface area (Å²) < 4.78 is 5.26. The van der Waals surface area contributed by atoms with Crippen LogP contribution in [0, 0.1) is 10.1 Å². The molecule has 0 unspecified atom stereocenters. The molecule has 22 heavy (non-hydrogen) atoms. The number of rotatable bonds is 4. The summed E-state index contributed by atoms with van der Waals surface area (Å²) in [6, 6.07) is 13.7. The molecule has 2 aromatic rings. The number of non-ortho nitro benzene ring substituents is 1. The molecule has 0 N–H and O–H groups in total. The lowest BCUT2D eigenvalue weighted by molar-refractivity contribution is -0.384. The molecule has 0 fully saturated rings. The highest BCUT2D eigenvalue weighted by molar-refractivity contribution is 5.73. The molecule has 0 saturated carbocycles. The number of nitro groups is 1. The van der Waals surface area contributed by atoms with Gasteiger partial charge >= 0.3 is 5.97 Å². The third kappa shape index (κ3) is 2.98. The first kappa shape index (κ1) is 14.3. The van der Waals surface area contributed by atoms with Gasteiger partial charge in [-0.15, -0.1) is 0 Å². The fourth-order valence-electron chi connectivity index (χ4n) is 2.87. The highest BCUT2D eigenvalue weighted by Gasteiger charge is 2.25. The lowest BCUT2D eigenvalue weighted by Crippen LogP contribution is -2.11. The molecular weight excluding hydrogens is 282 g/mol. The van der Waals surface area contributed by atoms with Crippen molar-refractivity contribution in [2.24, 2.45) is 0 Å². The van der Waals surface area contributed by atoms with Crippen molar-refractivity contribution in [3.63, 3.8) is 0 Å². The minimum Gasteiger partial charge on any atom is -0.427 e. The van der Waals surface area contributed by atoms with Crippen LogP contribution in [0.4, 0.5) is 5.69 Å². The van der Waals surface area contributed by atoms with Gasteiger partial charge in [-0.1, -0.05) is 24.3 Å². The molecule has 1 atom stereocenters. The number of nitrogens with zero attached hydrogens (tertiary/aromatic N) is 1. The zero-order valence-electron chi connectivity index (χ0n) is 11.9. The fourth-order valence-corrected chi connectivity index (χ4v) is 2.87. The van der Waals surface area contributed by atoms with E-state index in [0.29, 0.717) is 12.2 Å². The third-order valence-electron chi connectivity index (χ3n) is 3.95. The predicted octanol–water partition coefficient (Wildman–Crippen LogP) is 3.62. The van der Waals surface area contributed by atoms with Gasteiger partial charge in [0.1, 0.15) is 5.75 Å². The SMILES string of the molecule is O=C(C[C@H]1CCc2ccccc21)Oc1ccc([N+](=O)[O-])cc1. The Labute approximate surface area is 127 Å². The van der Waals surface area contributed by atoms with Gasteiger partial charge in [0.2, 0.25) is 0 Å². The van der Waals surface area contributed by atoms with E-state index in [2.05, 4.69) is 12.1 Å². The van der Waals surface area contributed by atoms with Gasteiger partial charge in [-0.25, -0.2) is 0 Å². The van der Waals surface area contributed by atoms with E-state index in [1.165, 1.54) is 35.4 Å². The zero-order valence-corrected chi connectivity index (χ0v) is 11.9. The summed E-state index contributed by atoms with van der Waals surface area (Å²) in [5, 5.41) is 10.6. The first-order valence-electron chi connectivity index (χ1n) is 7.16. The molecule has 0 heterocycles. The Morgan fingerprint density at radius 1 is 1.18 bits per heavy atom. The van der Waals surface area contributed by atoms with Crippen molar-refractivity contribution in [2.45, 2.75) is 25.2 Å². The summed E-state index contributed by atoms with van der Waals surface area (Å²) >= 11 is 0. The van der Waals surface area contributed by atoms with E-state index in [1.54, 1.807) is 0 Å². The number of hydrogen-bond acceptors (Lipinski definition) is 4. The van der Waals surface area contributed by atoms with E-state index < -0.39 is 4.92 Å². The van der Waals surface area contributed by atoms with Crippen molar-refractivity contribution in [2.75, 3.05) is 0 Å². The van der Waals surface area contributed by atoms with Crippen molar-refractivity contribution in [1.29, 1.82) is 0 Å². The Bertz CT molecular complexity index is 709. The topological polar surface area (TPSA) is 69.4 Å². The second-order valence-corrected chi connectivity index (χ2v) is 5.36. The summed E-state index contributed by atoms with van der Waals surface area (Å²) in [6.07, 6.45) is 2.27. The molecule has 112 valence electrons. The van der Waals surface area contributed by atoms with Crippen molar-refractivity contribution in [3.05, 3.63) is 69.8 Å². The highest BCUT2D eigenvalue weighted by Crippen LogP contribution is 2.35. The number of carbonyl (C=O) groups excluding carboxylic acids is 1. The number of carbonyl (C=O) groups is 1. The second kappa shape index (κ2) is 5.97. The van der Waals surface area contributed by atoms with Crippen LogP contribution >= 0.6 is 0 Å². The molecule has 0 aliphatic heterocycles. The van der Waals surface area contributed by atoms with Gasteiger partial charge in [0.25, 0.3) is 5.69 Å². The van der Waals surface area contributed by atoms with Crippen LogP contribution in [0.15, 0.2) is 48.5 Å². The summed E-state index contributed by atoms with van der Waals surface area (Å²) in [5.74, 6) is 0.221. The molecule has 0 spiro atoms. The van der Waals surface area contributed by atoms with Crippen LogP contribution < -0.4 is 4.74 Å². The van der Waals surface area contributed by atoms with E-state index in [-0.39, 0.29) is 17.6 Å². The van der Waals surface area contributed by atoms with E-state index >= 15 is 0 Å². The molecule has 0 saturated heterocycles. The molecule has 5 nitrogen and oxygen atoms in total. The number of ether oxygens (including phenoxy) is 1. The van der Waals surface area contributed by atoms with Gasteiger partial charge in [0.15, 0.2) is 0 Å². The Kier molecular flexibility index (Phi) is 3.87. The molecule has 0 bridgehead atoms. The van der Waals surface area contributed by atoms with Crippen molar-refractivity contribution < 1.29 is 14.5 Å². The minimum atomic E-state index is -0.485. The quantitative estimate of drug-likeness (QED) is 0.374. The number of esters is 1. The molecule has 5 heteroatoms. The average Bonchev–Trinajstić information content (AvgIpc) is 2.91. The number of hydrogen-bond donors (Lipinski definition) is 0. The third-order valence-corrected chi connectivity index (χ3v) is 3.95. The smallest absolute Gasteiger partial charge is 0.311 e. The first-order chi connectivity index (χ1) is 10.6. The van der Waals surface area contributed by atoms with Crippen molar-refractivity contribution in [3.8, 4) is 5.75 Å². The van der Waals surface area contributed by atoms with Gasteiger partial charge in [0, 0.05) is 12.1 Å². The summed E-state index contributed by atoms with van der Waals surface area (Å²) in [4.78, 5) is 22.1. The molecular formula is C17H15NO4. The van der Waals surface area contributed by atoms with Crippen LogP contribution in [0.2, 0.25) is 0 Å². The van der Waals surface area contributed by atoms with Gasteiger partial charge in [-0.2, -0.15) is 0 Å². The van der Waals surface area contributed by atoms with Gasteiger partial charge in [-0.05, 0) is 42.0 Å². The lowest BCUT2D eigenvalue weighted by Gasteiger charge is -2.11. The Hall–Kier alpha value is -2.69. The zero-order chi connectivity index (χ0) is 15.5. The maximum Gasteiger partial charge on any atom is 0.311 e. The predicted molar refractivity (Wildman–Crippen MR) is 80.9 cm³/mol. The molecule has 3 rings (SSSR count). The molecule has 0 radical (unpaired) electrons. The average molecular weight is 297 g/mol. The van der Waals surface area contributed by atoms with Crippen molar-refractivity contribution in [1.82, 2.24) is 0 Å². The van der Waals surface area contributed by atoms with Crippen LogP contribution in [0.25, 0.3) is 0 Å². The standard InChI is InChI=1S/C17H15NO4/c19-17(22-15-9-7-14(8-10-15)18(20)21)11-13-6-5-12-3-1-2-4-16(12)13/h1-4,7-10,13H,5-6,11H2/t13-/m1/s1. The van der Waals surface area contributed by atoms with E-state index in [4.69, 9.17) is 4.74 Å². The molecule has 0 amide bonds. The van der Waals surface area contributed by atoms with Gasteiger partial charge in [0.05, 0.1) is 11.3 Å². The molecule has 0 aromatic heterocycles. The number of aryl methyl sites for hydroxylation is 1. The number of nitro benzene ring substituents is 1. The van der Waals surface area contributed by atoms with E-state index in [9.17, 15) is 14.9 Å². The summed E-state index contributed by atoms with van der Waals surface area (Å²) in [5.41, 5.74) is 2.50. The van der Waals surface area contributed by atoms with E-state index in [0.717, 1.165) is 12.8 Å². The number of fused-ring (bicyclic) bond motifs is 1. The molecule has 1 aliphatic carbocycles. The van der Waals surface area contributed by atoms with Crippen LogP contribution in [0.5, 0.6) is 5.75 Å². The van der Waals surface area contributed by atoms with Crippen LogP contribution in [-0.2, 0) is 11.2 Å². The monoisotopic (exact) mass is 297 g/mol. The Morgan fingerprint density at radius 3 is 2.64 bits per heavy atom. The molecule has 1 aliphatic rings. The summed E-state index contributed by atoms with van der Waals surface area (Å²) in [7, 11) is 0. The second-order valence-electron chi connectivity index (χ2n) is 5.36. The van der Waals surface area contributed by atoms with Crippen LogP contribution in [0.1, 0.15) is 29.9 Å². The normalized spacial score (nSPS) is 16.1. The number of benzene rings is 2. The van der Waals surface area contributed by atoms with E-state index in [1.807, 2.05) is 12.1 Å². The maximum absolute atomic E-state index is 12.0. The van der Waals surface area contributed by atoms with Crippen LogP contribution in [0.3, 0.4) is 0 Å². The Balaban J connectivity index is 1.62. The Morgan fingerprint density at radius 2 is 1.91 bits per heavy atom. The highest BCUT2D eigenvalue weighted by atomic mass is 16.6. The van der Waals surface area contributed by atoms with Gasteiger partial charge < -0.3 is 4.74 Å². The minimum absolute atomic E-state index is 0.0236. The fraction of sp³-hybridized carbons (Fsp3) is 0.235. The first-order valence-corrected chi connectivity index (χ1v) is 7.16. The van der Waals surface area contributed by atoms with Gasteiger partial charge in [-0.3, -0.25) is 14.9 Å².